The van der Waals surface area contributed by atoms with Crippen molar-refractivity contribution in [2.75, 3.05) is 18.5 Å². The number of amides is 1. The Kier molecular flexibility index (Phi) is 3.40. The number of carbonyl (C=O) groups excluding carboxylic acids is 1. The van der Waals surface area contributed by atoms with Crippen molar-refractivity contribution in [1.82, 2.24) is 0 Å². The number of fused-ring (bicyclic) bond motifs is 1. The van der Waals surface area contributed by atoms with Crippen molar-refractivity contribution in [3.63, 3.8) is 0 Å². The lowest BCUT2D eigenvalue weighted by Crippen LogP contribution is -2.25. The zero-order chi connectivity index (χ0) is 13.2. The summed E-state index contributed by atoms with van der Waals surface area (Å²) >= 11 is 0. The van der Waals surface area contributed by atoms with Crippen LogP contribution in [0.4, 0.5) is 5.69 Å². The third kappa shape index (κ3) is 2.72. The fraction of sp³-hybridized carbons (Fsp3) is 0.500. The van der Waals surface area contributed by atoms with Gasteiger partial charge in [-0.1, -0.05) is 6.07 Å². The summed E-state index contributed by atoms with van der Waals surface area (Å²) < 4.78 is 10.8. The topological polar surface area (TPSA) is 67.8 Å². The molecular formula is C14H17NO4. The van der Waals surface area contributed by atoms with Crippen LogP contribution in [0.15, 0.2) is 18.2 Å². The second kappa shape index (κ2) is 5.19. The molecule has 0 aromatic heterocycles. The summed E-state index contributed by atoms with van der Waals surface area (Å²) in [5.41, 5.74) is 1.40. The number of aliphatic hydroxyl groups is 1. The number of rotatable bonds is 3. The van der Waals surface area contributed by atoms with Crippen molar-refractivity contribution in [2.45, 2.75) is 31.5 Å². The number of benzene rings is 1. The standard InChI is InChI=1S/C14H17NO4/c16-12(7-10-2-1-5-18-10)9-3-4-13-11(6-9)15-14(17)8-19-13/h3-4,6,10,12,16H,1-2,5,7-8H2,(H,15,17). The molecule has 0 radical (unpaired) electrons. The van der Waals surface area contributed by atoms with Crippen molar-refractivity contribution in [1.29, 1.82) is 0 Å². The molecule has 0 spiro atoms. The lowest BCUT2D eigenvalue weighted by Gasteiger charge is -2.21. The highest BCUT2D eigenvalue weighted by Crippen LogP contribution is 2.32. The van der Waals surface area contributed by atoms with E-state index in [0.29, 0.717) is 17.9 Å². The van der Waals surface area contributed by atoms with E-state index in [-0.39, 0.29) is 18.6 Å². The number of hydrogen-bond acceptors (Lipinski definition) is 4. The van der Waals surface area contributed by atoms with Crippen molar-refractivity contribution in [3.05, 3.63) is 23.8 Å². The normalized spacial score (nSPS) is 23.4. The first kappa shape index (κ1) is 12.4. The minimum atomic E-state index is -0.577. The van der Waals surface area contributed by atoms with Crippen LogP contribution in [0.2, 0.25) is 0 Å². The van der Waals surface area contributed by atoms with Gasteiger partial charge in [-0.15, -0.1) is 0 Å². The predicted molar refractivity (Wildman–Crippen MR) is 69.1 cm³/mol. The van der Waals surface area contributed by atoms with Crippen LogP contribution in [-0.2, 0) is 9.53 Å². The summed E-state index contributed by atoms with van der Waals surface area (Å²) in [6.07, 6.45) is 2.21. The van der Waals surface area contributed by atoms with Crippen LogP contribution in [0.25, 0.3) is 0 Å². The Morgan fingerprint density at radius 3 is 3.16 bits per heavy atom. The molecule has 5 nitrogen and oxygen atoms in total. The average Bonchev–Trinajstić information content (AvgIpc) is 2.90. The van der Waals surface area contributed by atoms with Gasteiger partial charge in [-0.25, -0.2) is 0 Å². The summed E-state index contributed by atoms with van der Waals surface area (Å²) in [5.74, 6) is 0.478. The maximum atomic E-state index is 11.3. The highest BCUT2D eigenvalue weighted by molar-refractivity contribution is 5.95. The molecule has 2 N–H and O–H groups in total. The van der Waals surface area contributed by atoms with E-state index in [1.54, 1.807) is 12.1 Å². The van der Waals surface area contributed by atoms with Crippen molar-refractivity contribution >= 4 is 11.6 Å². The highest BCUT2D eigenvalue weighted by atomic mass is 16.5. The molecule has 1 aromatic rings. The first-order valence-corrected chi connectivity index (χ1v) is 6.58. The monoisotopic (exact) mass is 263 g/mol. The molecule has 0 aliphatic carbocycles. The molecule has 3 rings (SSSR count). The van der Waals surface area contributed by atoms with Gasteiger partial charge in [0.15, 0.2) is 6.61 Å². The quantitative estimate of drug-likeness (QED) is 0.869. The largest absolute Gasteiger partial charge is 0.482 e. The maximum Gasteiger partial charge on any atom is 0.262 e. The molecule has 19 heavy (non-hydrogen) atoms. The van der Waals surface area contributed by atoms with Gasteiger partial charge >= 0.3 is 0 Å². The molecule has 2 aliphatic heterocycles. The van der Waals surface area contributed by atoms with Crippen LogP contribution < -0.4 is 10.1 Å². The molecule has 2 aliphatic rings. The molecule has 2 unspecified atom stereocenters. The maximum absolute atomic E-state index is 11.3. The van der Waals surface area contributed by atoms with Gasteiger partial charge in [0.2, 0.25) is 0 Å². The van der Waals surface area contributed by atoms with E-state index in [0.717, 1.165) is 25.0 Å². The van der Waals surface area contributed by atoms with Gasteiger partial charge in [0.1, 0.15) is 5.75 Å². The smallest absolute Gasteiger partial charge is 0.262 e. The Hall–Kier alpha value is -1.59. The number of hydrogen-bond donors (Lipinski definition) is 2. The zero-order valence-corrected chi connectivity index (χ0v) is 10.6. The number of ether oxygens (including phenoxy) is 2. The Balaban J connectivity index is 1.73. The minimum Gasteiger partial charge on any atom is -0.482 e. The zero-order valence-electron chi connectivity index (χ0n) is 10.6. The molecule has 0 bridgehead atoms. The SMILES string of the molecule is O=C1COc2ccc(C(O)CC3CCCO3)cc2N1. The summed E-state index contributed by atoms with van der Waals surface area (Å²) in [7, 11) is 0. The van der Waals surface area contributed by atoms with Crippen LogP contribution in [0.5, 0.6) is 5.75 Å². The van der Waals surface area contributed by atoms with Crippen LogP contribution in [0, 0.1) is 0 Å². The third-order valence-electron chi connectivity index (χ3n) is 3.53. The fourth-order valence-electron chi connectivity index (χ4n) is 2.52. The number of nitrogens with one attached hydrogen (secondary N) is 1. The molecule has 2 atom stereocenters. The number of anilines is 1. The summed E-state index contributed by atoms with van der Waals surface area (Å²) in [4.78, 5) is 11.3. The molecular weight excluding hydrogens is 246 g/mol. The van der Waals surface area contributed by atoms with E-state index in [9.17, 15) is 9.90 Å². The van der Waals surface area contributed by atoms with Gasteiger partial charge in [-0.05, 0) is 30.5 Å². The van der Waals surface area contributed by atoms with Gasteiger partial charge in [-0.2, -0.15) is 0 Å². The molecule has 1 saturated heterocycles. The summed E-state index contributed by atoms with van der Waals surface area (Å²) in [6.45, 7) is 0.830. The van der Waals surface area contributed by atoms with E-state index in [1.807, 2.05) is 6.07 Å². The van der Waals surface area contributed by atoms with E-state index in [2.05, 4.69) is 5.32 Å². The highest BCUT2D eigenvalue weighted by Gasteiger charge is 2.22. The Morgan fingerprint density at radius 2 is 2.37 bits per heavy atom. The molecule has 2 heterocycles. The van der Waals surface area contributed by atoms with Gasteiger partial charge < -0.3 is 19.9 Å². The lowest BCUT2D eigenvalue weighted by molar-refractivity contribution is -0.118. The van der Waals surface area contributed by atoms with Crippen molar-refractivity contribution in [3.8, 4) is 5.75 Å². The van der Waals surface area contributed by atoms with Gasteiger partial charge in [0, 0.05) is 13.0 Å². The Morgan fingerprint density at radius 1 is 1.47 bits per heavy atom. The van der Waals surface area contributed by atoms with Crippen molar-refractivity contribution in [2.24, 2.45) is 0 Å². The van der Waals surface area contributed by atoms with Gasteiger partial charge in [0.25, 0.3) is 5.91 Å². The molecule has 1 fully saturated rings. The van der Waals surface area contributed by atoms with Crippen molar-refractivity contribution < 1.29 is 19.4 Å². The molecule has 5 heteroatoms. The summed E-state index contributed by atoms with van der Waals surface area (Å²) in [6, 6.07) is 5.38. The van der Waals surface area contributed by atoms with E-state index >= 15 is 0 Å². The second-order valence-corrected chi connectivity index (χ2v) is 4.98. The molecule has 102 valence electrons. The average molecular weight is 263 g/mol. The lowest BCUT2D eigenvalue weighted by atomic mass is 10.0. The van der Waals surface area contributed by atoms with Crippen LogP contribution in [-0.4, -0.2) is 30.3 Å². The summed E-state index contributed by atoms with van der Waals surface area (Å²) in [5, 5.41) is 13.0. The Bertz CT molecular complexity index is 482. The molecule has 1 amide bonds. The second-order valence-electron chi connectivity index (χ2n) is 4.98. The minimum absolute atomic E-state index is 0.0464. The first-order chi connectivity index (χ1) is 9.22. The number of aliphatic hydroxyl groups excluding tert-OH is 1. The van der Waals surface area contributed by atoms with Crippen LogP contribution in [0.3, 0.4) is 0 Å². The van der Waals surface area contributed by atoms with E-state index < -0.39 is 6.10 Å². The van der Waals surface area contributed by atoms with Crippen LogP contribution >= 0.6 is 0 Å². The van der Waals surface area contributed by atoms with E-state index in [4.69, 9.17) is 9.47 Å². The first-order valence-electron chi connectivity index (χ1n) is 6.58. The predicted octanol–water partition coefficient (Wildman–Crippen LogP) is 1.62. The number of carbonyl (C=O) groups is 1. The fourth-order valence-corrected chi connectivity index (χ4v) is 2.52. The third-order valence-corrected chi connectivity index (χ3v) is 3.53. The van der Waals surface area contributed by atoms with E-state index in [1.165, 1.54) is 0 Å². The molecule has 0 saturated carbocycles. The van der Waals surface area contributed by atoms with Gasteiger partial charge in [0.05, 0.1) is 17.9 Å². The molecule has 1 aromatic carbocycles. The van der Waals surface area contributed by atoms with Gasteiger partial charge in [-0.3, -0.25) is 4.79 Å². The Labute approximate surface area is 111 Å². The van der Waals surface area contributed by atoms with Crippen LogP contribution in [0.1, 0.15) is 30.9 Å².